The van der Waals surface area contributed by atoms with Gasteiger partial charge in [0.1, 0.15) is 5.82 Å². The van der Waals surface area contributed by atoms with Gasteiger partial charge in [0.15, 0.2) is 16.2 Å². The Morgan fingerprint density at radius 2 is 1.68 bits per heavy atom. The maximum absolute atomic E-state index is 13.3. The lowest BCUT2D eigenvalue weighted by Crippen LogP contribution is -2.13. The highest BCUT2D eigenvalue weighted by molar-refractivity contribution is 7.83. The van der Waals surface area contributed by atoms with Gasteiger partial charge in [-0.2, -0.15) is 5.10 Å². The molecule has 2 rings (SSSR count). The first-order chi connectivity index (χ1) is 10.4. The average molecular weight is 339 g/mol. The lowest BCUT2D eigenvalue weighted by atomic mass is 10.0. The van der Waals surface area contributed by atoms with Crippen molar-refractivity contribution in [3.63, 3.8) is 0 Å². The molecule has 1 atom stereocenters. The van der Waals surface area contributed by atoms with E-state index in [4.69, 9.17) is 11.6 Å². The lowest BCUT2D eigenvalue weighted by Gasteiger charge is -2.08. The quantitative estimate of drug-likeness (QED) is 0.665. The zero-order chi connectivity index (χ0) is 16.3. The molecule has 0 radical (unpaired) electrons. The van der Waals surface area contributed by atoms with Crippen LogP contribution >= 0.6 is 11.6 Å². The standard InChI is InChI=1S/C16H16ClFN2OS/c1-10-4-6-14(7-5-10)22(21)20-19-16(17)15-11(2)8-13(18)9-12(15)3/h4-9,20H,1-3H3/b19-16-. The number of nitrogens with one attached hydrogen (secondary N) is 1. The van der Waals surface area contributed by atoms with E-state index in [1.807, 2.05) is 19.1 Å². The van der Waals surface area contributed by atoms with Crippen LogP contribution in [0, 0.1) is 26.6 Å². The van der Waals surface area contributed by atoms with Gasteiger partial charge < -0.3 is 0 Å². The fourth-order valence-electron chi connectivity index (χ4n) is 2.09. The van der Waals surface area contributed by atoms with E-state index in [0.717, 1.165) is 5.56 Å². The molecule has 1 unspecified atom stereocenters. The van der Waals surface area contributed by atoms with Crippen molar-refractivity contribution in [1.82, 2.24) is 4.83 Å². The van der Waals surface area contributed by atoms with Crippen molar-refractivity contribution in [3.05, 3.63) is 64.5 Å². The maximum atomic E-state index is 13.3. The molecule has 0 bridgehead atoms. The minimum atomic E-state index is -1.50. The number of hydrogen-bond donors (Lipinski definition) is 1. The normalized spacial score (nSPS) is 13.0. The molecule has 0 spiro atoms. The molecule has 1 N–H and O–H groups in total. The molecule has 3 nitrogen and oxygen atoms in total. The summed E-state index contributed by atoms with van der Waals surface area (Å²) in [6.07, 6.45) is 0. The van der Waals surface area contributed by atoms with Gasteiger partial charge in [-0.25, -0.2) is 13.4 Å². The van der Waals surface area contributed by atoms with Crippen molar-refractivity contribution in [1.29, 1.82) is 0 Å². The van der Waals surface area contributed by atoms with Crippen molar-refractivity contribution >= 4 is 27.8 Å². The van der Waals surface area contributed by atoms with E-state index in [9.17, 15) is 8.60 Å². The summed E-state index contributed by atoms with van der Waals surface area (Å²) < 4.78 is 25.4. The largest absolute Gasteiger partial charge is 0.230 e. The third kappa shape index (κ3) is 3.93. The molecule has 0 fully saturated rings. The summed E-state index contributed by atoms with van der Waals surface area (Å²) in [5.74, 6) is -0.320. The molecule has 0 aliphatic heterocycles. The third-order valence-corrected chi connectivity index (χ3v) is 4.40. The Kier molecular flexibility index (Phi) is 5.32. The number of aryl methyl sites for hydroxylation is 3. The van der Waals surface area contributed by atoms with Crippen LogP contribution in [-0.2, 0) is 11.0 Å². The first-order valence-corrected chi connectivity index (χ1v) is 8.15. The van der Waals surface area contributed by atoms with Gasteiger partial charge in [-0.15, -0.1) is 0 Å². The number of hydrogen-bond acceptors (Lipinski definition) is 2. The fourth-order valence-corrected chi connectivity index (χ4v) is 3.14. The molecule has 0 aliphatic carbocycles. The topological polar surface area (TPSA) is 41.5 Å². The molecule has 0 aliphatic rings. The number of nitrogens with zero attached hydrogens (tertiary/aromatic N) is 1. The second-order valence-corrected chi connectivity index (χ2v) is 6.54. The van der Waals surface area contributed by atoms with Gasteiger partial charge in [0.25, 0.3) is 0 Å². The molecule has 2 aromatic rings. The van der Waals surface area contributed by atoms with E-state index in [0.29, 0.717) is 21.6 Å². The zero-order valence-electron chi connectivity index (χ0n) is 12.5. The Balaban J connectivity index is 2.20. The van der Waals surface area contributed by atoms with Gasteiger partial charge in [-0.3, -0.25) is 0 Å². The summed E-state index contributed by atoms with van der Waals surface area (Å²) in [4.78, 5) is 3.12. The molecule has 0 amide bonds. The van der Waals surface area contributed by atoms with Crippen molar-refractivity contribution in [2.24, 2.45) is 5.10 Å². The van der Waals surface area contributed by atoms with Crippen LogP contribution in [0.15, 0.2) is 46.4 Å². The molecule has 116 valence electrons. The highest BCUT2D eigenvalue weighted by Gasteiger charge is 2.11. The van der Waals surface area contributed by atoms with Crippen molar-refractivity contribution < 1.29 is 8.60 Å². The molecule has 0 heterocycles. The van der Waals surface area contributed by atoms with Gasteiger partial charge in [0.05, 0.1) is 4.90 Å². The summed E-state index contributed by atoms with van der Waals surface area (Å²) in [5.41, 5.74) is 3.07. The van der Waals surface area contributed by atoms with Crippen molar-refractivity contribution in [2.45, 2.75) is 25.7 Å². The SMILES string of the molecule is Cc1ccc(S(=O)N/N=C(\Cl)c2c(C)cc(F)cc2C)cc1. The smallest absolute Gasteiger partial charge is 0.166 e. The molecular formula is C16H16ClFN2OS. The predicted octanol–water partition coefficient (Wildman–Crippen LogP) is 3.96. The molecular weight excluding hydrogens is 323 g/mol. The summed E-state index contributed by atoms with van der Waals surface area (Å²) in [6, 6.07) is 10.0. The molecule has 0 aromatic heterocycles. The van der Waals surface area contributed by atoms with Crippen molar-refractivity contribution in [2.75, 3.05) is 0 Å². The van der Waals surface area contributed by atoms with Gasteiger partial charge >= 0.3 is 0 Å². The Bertz CT molecular complexity index is 721. The second-order valence-electron chi connectivity index (χ2n) is 4.99. The van der Waals surface area contributed by atoms with Crippen LogP contribution in [0.1, 0.15) is 22.3 Å². The van der Waals surface area contributed by atoms with E-state index in [-0.39, 0.29) is 11.0 Å². The first-order valence-electron chi connectivity index (χ1n) is 6.63. The molecule has 0 saturated carbocycles. The highest BCUT2D eigenvalue weighted by atomic mass is 35.5. The number of benzene rings is 2. The molecule has 6 heteroatoms. The van der Waals surface area contributed by atoms with E-state index in [1.54, 1.807) is 26.0 Å². The van der Waals surface area contributed by atoms with Crippen LogP contribution in [-0.4, -0.2) is 9.38 Å². The average Bonchev–Trinajstić information content (AvgIpc) is 2.44. The Hall–Kier alpha value is -1.72. The summed E-state index contributed by atoms with van der Waals surface area (Å²) >= 11 is 6.16. The third-order valence-electron chi connectivity index (χ3n) is 3.17. The van der Waals surface area contributed by atoms with Gasteiger partial charge in [0, 0.05) is 5.56 Å². The van der Waals surface area contributed by atoms with Gasteiger partial charge in [0.2, 0.25) is 0 Å². The Morgan fingerprint density at radius 1 is 1.14 bits per heavy atom. The van der Waals surface area contributed by atoms with Gasteiger partial charge in [-0.1, -0.05) is 29.3 Å². The summed E-state index contributed by atoms with van der Waals surface area (Å²) in [7, 11) is -1.50. The fraction of sp³-hybridized carbons (Fsp3) is 0.188. The van der Waals surface area contributed by atoms with E-state index < -0.39 is 11.0 Å². The van der Waals surface area contributed by atoms with E-state index in [1.165, 1.54) is 12.1 Å². The van der Waals surface area contributed by atoms with E-state index in [2.05, 4.69) is 9.93 Å². The Morgan fingerprint density at radius 3 is 2.23 bits per heavy atom. The molecule has 0 saturated heterocycles. The van der Waals surface area contributed by atoms with E-state index >= 15 is 0 Å². The van der Waals surface area contributed by atoms with Crippen LogP contribution in [0.2, 0.25) is 0 Å². The Labute approximate surface area is 136 Å². The molecule has 22 heavy (non-hydrogen) atoms. The minimum absolute atomic E-state index is 0.149. The van der Waals surface area contributed by atoms with Crippen LogP contribution in [0.4, 0.5) is 4.39 Å². The van der Waals surface area contributed by atoms with Crippen LogP contribution in [0.3, 0.4) is 0 Å². The first kappa shape index (κ1) is 16.6. The van der Waals surface area contributed by atoms with Gasteiger partial charge in [-0.05, 0) is 56.2 Å². The predicted molar refractivity (Wildman–Crippen MR) is 89.0 cm³/mol. The second kappa shape index (κ2) is 7.03. The minimum Gasteiger partial charge on any atom is -0.230 e. The zero-order valence-corrected chi connectivity index (χ0v) is 14.1. The maximum Gasteiger partial charge on any atom is 0.166 e. The van der Waals surface area contributed by atoms with Crippen LogP contribution in [0.25, 0.3) is 0 Å². The highest BCUT2D eigenvalue weighted by Crippen LogP contribution is 2.18. The summed E-state index contributed by atoms with van der Waals surface area (Å²) in [6.45, 7) is 5.45. The number of halogens is 2. The lowest BCUT2D eigenvalue weighted by molar-refractivity contribution is 0.625. The van der Waals surface area contributed by atoms with Crippen molar-refractivity contribution in [3.8, 4) is 0 Å². The summed E-state index contributed by atoms with van der Waals surface area (Å²) in [5, 5.41) is 4.10. The van der Waals surface area contributed by atoms with Crippen LogP contribution in [0.5, 0.6) is 0 Å². The number of rotatable bonds is 4. The van der Waals surface area contributed by atoms with Crippen LogP contribution < -0.4 is 4.83 Å². The molecule has 2 aromatic carbocycles. The number of hydrazone groups is 1. The monoisotopic (exact) mass is 338 g/mol.